The first-order valence-electron chi connectivity index (χ1n) is 10.4. The minimum Gasteiger partial charge on any atom is -0.467 e. The van der Waals surface area contributed by atoms with Gasteiger partial charge in [0, 0.05) is 0 Å². The van der Waals surface area contributed by atoms with Crippen molar-refractivity contribution in [1.82, 2.24) is 15.1 Å². The lowest BCUT2D eigenvalue weighted by Gasteiger charge is -2.58. The van der Waals surface area contributed by atoms with Gasteiger partial charge in [0.15, 0.2) is 0 Å². The van der Waals surface area contributed by atoms with Gasteiger partial charge in [-0.25, -0.2) is 14.6 Å². The molecule has 0 aromatic carbocycles. The Morgan fingerprint density at radius 3 is 2.31 bits per heavy atom. The first-order chi connectivity index (χ1) is 13.9. The van der Waals surface area contributed by atoms with Gasteiger partial charge in [0.25, 0.3) is 0 Å². The highest BCUT2D eigenvalue weighted by Gasteiger charge is 2.61. The topological polar surface area (TPSA) is 99.9 Å². The molecule has 1 atom stereocenters. The SMILES string of the molecule is C[C@@H](NC(=O)CN1C(=O)C(=O)N(C23CC4CC(CC(C4)C2)C3)C1=O)c1ccco1. The second-order valence-electron chi connectivity index (χ2n) is 9.26. The van der Waals surface area contributed by atoms with Crippen LogP contribution in [0.2, 0.25) is 0 Å². The van der Waals surface area contributed by atoms with Gasteiger partial charge in [-0.05, 0) is 75.3 Å². The normalized spacial score (nSPS) is 34.2. The summed E-state index contributed by atoms with van der Waals surface area (Å²) in [5.41, 5.74) is -0.536. The van der Waals surface area contributed by atoms with E-state index in [9.17, 15) is 19.2 Å². The van der Waals surface area contributed by atoms with Crippen molar-refractivity contribution in [2.45, 2.75) is 57.0 Å². The first kappa shape index (κ1) is 18.4. The smallest absolute Gasteiger partial charge is 0.335 e. The van der Waals surface area contributed by atoms with Gasteiger partial charge in [-0.3, -0.25) is 14.4 Å². The minimum absolute atomic E-state index is 0.403. The van der Waals surface area contributed by atoms with Crippen LogP contribution in [0.5, 0.6) is 0 Å². The number of furan rings is 1. The number of nitrogens with one attached hydrogen (secondary N) is 1. The van der Waals surface area contributed by atoms with E-state index >= 15 is 0 Å². The summed E-state index contributed by atoms with van der Waals surface area (Å²) in [7, 11) is 0. The molecule has 1 aromatic heterocycles. The van der Waals surface area contributed by atoms with Crippen LogP contribution in [0.15, 0.2) is 22.8 Å². The summed E-state index contributed by atoms with van der Waals surface area (Å²) in [4.78, 5) is 52.9. The van der Waals surface area contributed by atoms with E-state index in [2.05, 4.69) is 5.32 Å². The Balaban J connectivity index is 1.31. The van der Waals surface area contributed by atoms with Gasteiger partial charge in [-0.1, -0.05) is 0 Å². The van der Waals surface area contributed by atoms with Crippen LogP contribution in [0.1, 0.15) is 57.3 Å². The van der Waals surface area contributed by atoms with Gasteiger partial charge in [-0.15, -0.1) is 0 Å². The molecule has 1 aromatic rings. The van der Waals surface area contributed by atoms with Crippen molar-refractivity contribution in [3.8, 4) is 0 Å². The molecule has 8 nitrogen and oxygen atoms in total. The number of amides is 5. The Hall–Kier alpha value is -2.64. The highest BCUT2D eigenvalue weighted by Crippen LogP contribution is 2.58. The fourth-order valence-electron chi connectivity index (χ4n) is 6.44. The predicted molar refractivity (Wildman–Crippen MR) is 100 cm³/mol. The molecule has 4 saturated carbocycles. The van der Waals surface area contributed by atoms with Crippen molar-refractivity contribution >= 4 is 23.8 Å². The van der Waals surface area contributed by atoms with Gasteiger partial charge < -0.3 is 9.73 Å². The predicted octanol–water partition coefficient (Wildman–Crippen LogP) is 2.22. The average Bonchev–Trinajstić information content (AvgIpc) is 3.25. The summed E-state index contributed by atoms with van der Waals surface area (Å²) >= 11 is 0. The molecule has 29 heavy (non-hydrogen) atoms. The van der Waals surface area contributed by atoms with E-state index in [1.807, 2.05) is 0 Å². The van der Waals surface area contributed by atoms with Crippen LogP contribution < -0.4 is 5.32 Å². The van der Waals surface area contributed by atoms with Crippen LogP contribution in [0.25, 0.3) is 0 Å². The number of hydrogen-bond donors (Lipinski definition) is 1. The van der Waals surface area contributed by atoms with Crippen LogP contribution >= 0.6 is 0 Å². The highest BCUT2D eigenvalue weighted by atomic mass is 16.3. The van der Waals surface area contributed by atoms with E-state index in [4.69, 9.17) is 4.42 Å². The molecule has 8 heteroatoms. The molecule has 0 spiro atoms. The van der Waals surface area contributed by atoms with Crippen LogP contribution in [0, 0.1) is 17.8 Å². The van der Waals surface area contributed by atoms with E-state index in [0.717, 1.165) is 24.2 Å². The molecule has 1 aliphatic heterocycles. The maximum absolute atomic E-state index is 13.1. The fourth-order valence-corrected chi connectivity index (χ4v) is 6.44. The van der Waals surface area contributed by atoms with Crippen molar-refractivity contribution in [2.75, 3.05) is 6.54 Å². The third kappa shape index (κ3) is 2.88. The van der Waals surface area contributed by atoms with E-state index in [-0.39, 0.29) is 0 Å². The molecule has 1 saturated heterocycles. The molecule has 0 unspecified atom stereocenters. The number of rotatable bonds is 5. The van der Waals surface area contributed by atoms with Gasteiger partial charge in [0.05, 0.1) is 17.8 Å². The zero-order valence-corrected chi connectivity index (χ0v) is 16.4. The van der Waals surface area contributed by atoms with Crippen molar-refractivity contribution in [3.05, 3.63) is 24.2 Å². The van der Waals surface area contributed by atoms with Crippen molar-refractivity contribution in [2.24, 2.45) is 17.8 Å². The minimum atomic E-state index is -0.897. The van der Waals surface area contributed by atoms with E-state index in [1.54, 1.807) is 19.1 Å². The lowest BCUT2D eigenvalue weighted by atomic mass is 9.52. The Labute approximate surface area is 168 Å². The lowest BCUT2D eigenvalue weighted by Crippen LogP contribution is -2.62. The molecule has 0 radical (unpaired) electrons. The van der Waals surface area contributed by atoms with Crippen LogP contribution in [-0.4, -0.2) is 45.6 Å². The summed E-state index contributed by atoms with van der Waals surface area (Å²) in [6, 6.07) is 2.41. The molecule has 154 valence electrons. The Bertz CT molecular complexity index is 842. The fraction of sp³-hybridized carbons (Fsp3) is 0.619. The zero-order chi connectivity index (χ0) is 20.3. The number of hydrogen-bond acceptors (Lipinski definition) is 5. The molecule has 5 amide bonds. The van der Waals surface area contributed by atoms with E-state index in [0.29, 0.717) is 23.5 Å². The van der Waals surface area contributed by atoms with E-state index in [1.165, 1.54) is 30.4 Å². The summed E-state index contributed by atoms with van der Waals surface area (Å²) in [5.74, 6) is -0.00910. The number of carbonyl (C=O) groups is 4. The Morgan fingerprint density at radius 1 is 1.14 bits per heavy atom. The first-order valence-corrected chi connectivity index (χ1v) is 10.4. The summed E-state index contributed by atoms with van der Waals surface area (Å²) in [6.07, 6.45) is 7.38. The quantitative estimate of drug-likeness (QED) is 0.604. The van der Waals surface area contributed by atoms with Crippen LogP contribution in [0.3, 0.4) is 0 Å². The molecular formula is C21H25N3O5. The van der Waals surface area contributed by atoms with Crippen molar-refractivity contribution in [1.29, 1.82) is 0 Å². The molecule has 1 N–H and O–H groups in total. The number of imide groups is 2. The highest BCUT2D eigenvalue weighted by molar-refractivity contribution is 6.45. The molecule has 6 rings (SSSR count). The zero-order valence-electron chi connectivity index (χ0n) is 16.4. The standard InChI is InChI=1S/C21H25N3O5/c1-12(16-3-2-4-29-16)22-17(25)11-23-18(26)19(27)24(20(23)28)21-8-13-5-14(9-21)7-15(6-13)10-21/h2-4,12-15H,5-11H2,1H3,(H,22,25)/t12-,13?,14?,15?,21?/m1/s1. The number of carbonyl (C=O) groups excluding carboxylic acids is 4. The number of urea groups is 1. The second kappa shape index (κ2) is 6.43. The average molecular weight is 399 g/mol. The molecule has 4 aliphatic carbocycles. The summed E-state index contributed by atoms with van der Waals surface area (Å²) in [6.45, 7) is 1.29. The third-order valence-electron chi connectivity index (χ3n) is 7.18. The monoisotopic (exact) mass is 399 g/mol. The molecule has 5 aliphatic rings. The summed E-state index contributed by atoms with van der Waals surface area (Å²) in [5, 5.41) is 2.71. The van der Waals surface area contributed by atoms with Gasteiger partial charge in [-0.2, -0.15) is 0 Å². The summed E-state index contributed by atoms with van der Waals surface area (Å²) < 4.78 is 5.26. The van der Waals surface area contributed by atoms with Gasteiger partial charge >= 0.3 is 17.8 Å². The van der Waals surface area contributed by atoms with Crippen molar-refractivity contribution in [3.63, 3.8) is 0 Å². The van der Waals surface area contributed by atoms with Crippen LogP contribution in [0.4, 0.5) is 4.79 Å². The molecular weight excluding hydrogens is 374 g/mol. The second-order valence-corrected chi connectivity index (χ2v) is 9.26. The maximum atomic E-state index is 13.1. The number of nitrogens with zero attached hydrogens (tertiary/aromatic N) is 2. The van der Waals surface area contributed by atoms with Gasteiger partial charge in [0.1, 0.15) is 12.3 Å². The Kier molecular flexibility index (Phi) is 4.08. The Morgan fingerprint density at radius 2 is 1.76 bits per heavy atom. The molecule has 4 bridgehead atoms. The van der Waals surface area contributed by atoms with E-state index < -0.39 is 41.9 Å². The van der Waals surface area contributed by atoms with Crippen LogP contribution in [-0.2, 0) is 14.4 Å². The molecule has 2 heterocycles. The van der Waals surface area contributed by atoms with Gasteiger partial charge in [0.2, 0.25) is 5.91 Å². The molecule has 5 fully saturated rings. The van der Waals surface area contributed by atoms with Crippen molar-refractivity contribution < 1.29 is 23.6 Å². The maximum Gasteiger partial charge on any atom is 0.335 e. The largest absolute Gasteiger partial charge is 0.467 e. The lowest BCUT2D eigenvalue weighted by molar-refractivity contribution is -0.150. The third-order valence-corrected chi connectivity index (χ3v) is 7.18.